The second kappa shape index (κ2) is 5.86. The Balaban J connectivity index is 2.53. The molecule has 0 fully saturated rings. The molecule has 0 heterocycles. The quantitative estimate of drug-likeness (QED) is 0.773. The summed E-state index contributed by atoms with van der Waals surface area (Å²) in [5, 5.41) is 0. The van der Waals surface area contributed by atoms with E-state index in [0.717, 1.165) is 19.3 Å². The summed E-state index contributed by atoms with van der Waals surface area (Å²) in [6.45, 7) is 4.36. The van der Waals surface area contributed by atoms with Gasteiger partial charge in [-0.1, -0.05) is 50.3 Å². The molecule has 1 rings (SSSR count). The number of nitrogens with two attached hydrogens (primary N) is 1. The van der Waals surface area contributed by atoms with E-state index in [1.54, 1.807) is 0 Å². The number of rotatable bonds is 5. The van der Waals surface area contributed by atoms with Gasteiger partial charge >= 0.3 is 0 Å². The summed E-state index contributed by atoms with van der Waals surface area (Å²) >= 11 is 4.91. The maximum absolute atomic E-state index is 5.52. The van der Waals surface area contributed by atoms with E-state index in [-0.39, 0.29) is 0 Å². The molecule has 1 unspecified atom stereocenters. The van der Waals surface area contributed by atoms with Crippen LogP contribution < -0.4 is 5.73 Å². The summed E-state index contributed by atoms with van der Waals surface area (Å²) in [6, 6.07) is 8.80. The molecule has 82 valence electrons. The van der Waals surface area contributed by atoms with Crippen molar-refractivity contribution in [3.8, 4) is 0 Å². The van der Waals surface area contributed by atoms with Crippen LogP contribution in [0.25, 0.3) is 0 Å². The number of hydrogen-bond donors (Lipinski definition) is 1. The van der Waals surface area contributed by atoms with E-state index in [1.807, 2.05) is 0 Å². The van der Waals surface area contributed by atoms with E-state index in [0.29, 0.717) is 10.9 Å². The molecule has 2 heteroatoms. The SMILES string of the molecule is CCc1ccc(CC(C)CC(N)=S)cc1. The first kappa shape index (κ1) is 12.2. The third-order valence-corrected chi connectivity index (χ3v) is 2.73. The highest BCUT2D eigenvalue weighted by molar-refractivity contribution is 7.80. The van der Waals surface area contributed by atoms with Crippen molar-refractivity contribution in [2.24, 2.45) is 11.7 Å². The van der Waals surface area contributed by atoms with Crippen LogP contribution >= 0.6 is 12.2 Å². The van der Waals surface area contributed by atoms with Gasteiger partial charge in [0.25, 0.3) is 0 Å². The average molecular weight is 221 g/mol. The minimum Gasteiger partial charge on any atom is -0.393 e. The molecule has 0 aliphatic heterocycles. The fourth-order valence-electron chi connectivity index (χ4n) is 1.73. The molecular weight excluding hydrogens is 202 g/mol. The van der Waals surface area contributed by atoms with E-state index in [1.165, 1.54) is 11.1 Å². The summed E-state index contributed by atoms with van der Waals surface area (Å²) in [5.74, 6) is 0.537. The lowest BCUT2D eigenvalue weighted by Gasteiger charge is -2.10. The first-order chi connectivity index (χ1) is 7.11. The summed E-state index contributed by atoms with van der Waals surface area (Å²) in [6.07, 6.45) is 2.99. The van der Waals surface area contributed by atoms with Gasteiger partial charge in [-0.05, 0) is 29.9 Å². The highest BCUT2D eigenvalue weighted by Crippen LogP contribution is 2.13. The Morgan fingerprint density at radius 3 is 2.27 bits per heavy atom. The van der Waals surface area contributed by atoms with Crippen LogP contribution in [0.3, 0.4) is 0 Å². The zero-order valence-electron chi connectivity index (χ0n) is 9.49. The normalized spacial score (nSPS) is 12.4. The van der Waals surface area contributed by atoms with Crippen LogP contribution in [0.15, 0.2) is 24.3 Å². The van der Waals surface area contributed by atoms with Crippen LogP contribution in [-0.4, -0.2) is 4.99 Å². The van der Waals surface area contributed by atoms with Crippen LogP contribution in [0, 0.1) is 5.92 Å². The van der Waals surface area contributed by atoms with E-state index in [9.17, 15) is 0 Å². The molecule has 0 aliphatic rings. The van der Waals surface area contributed by atoms with Crippen molar-refractivity contribution in [2.45, 2.75) is 33.1 Å². The molecule has 0 spiro atoms. The fraction of sp³-hybridized carbons (Fsp3) is 0.462. The van der Waals surface area contributed by atoms with Crippen molar-refractivity contribution >= 4 is 17.2 Å². The van der Waals surface area contributed by atoms with Crippen molar-refractivity contribution in [1.82, 2.24) is 0 Å². The minimum absolute atomic E-state index is 0.537. The Morgan fingerprint density at radius 2 is 1.80 bits per heavy atom. The van der Waals surface area contributed by atoms with E-state index in [4.69, 9.17) is 18.0 Å². The lowest BCUT2D eigenvalue weighted by Crippen LogP contribution is -2.13. The van der Waals surface area contributed by atoms with Crippen molar-refractivity contribution in [2.75, 3.05) is 0 Å². The second-order valence-corrected chi connectivity index (χ2v) is 4.67. The molecule has 0 amide bonds. The van der Waals surface area contributed by atoms with Gasteiger partial charge in [0.2, 0.25) is 0 Å². The topological polar surface area (TPSA) is 26.0 Å². The molecule has 15 heavy (non-hydrogen) atoms. The molecule has 2 N–H and O–H groups in total. The van der Waals surface area contributed by atoms with Gasteiger partial charge in [-0.25, -0.2) is 0 Å². The summed E-state index contributed by atoms with van der Waals surface area (Å²) in [4.78, 5) is 0.618. The lowest BCUT2D eigenvalue weighted by atomic mass is 9.97. The van der Waals surface area contributed by atoms with Gasteiger partial charge < -0.3 is 5.73 Å². The number of hydrogen-bond acceptors (Lipinski definition) is 1. The zero-order valence-corrected chi connectivity index (χ0v) is 10.3. The summed E-state index contributed by atoms with van der Waals surface area (Å²) in [7, 11) is 0. The van der Waals surface area contributed by atoms with Gasteiger partial charge in [0.15, 0.2) is 0 Å². The molecule has 1 aromatic rings. The molecule has 0 aliphatic carbocycles. The maximum Gasteiger partial charge on any atom is 0.0730 e. The molecule has 0 aromatic heterocycles. The Kier molecular flexibility index (Phi) is 4.76. The van der Waals surface area contributed by atoms with Crippen LogP contribution in [0.1, 0.15) is 31.4 Å². The minimum atomic E-state index is 0.537. The zero-order chi connectivity index (χ0) is 11.3. The van der Waals surface area contributed by atoms with E-state index < -0.39 is 0 Å². The summed E-state index contributed by atoms with van der Waals surface area (Å²) in [5.41, 5.74) is 8.28. The third kappa shape index (κ3) is 4.43. The smallest absolute Gasteiger partial charge is 0.0730 e. The first-order valence-electron chi connectivity index (χ1n) is 5.48. The van der Waals surface area contributed by atoms with Gasteiger partial charge in [-0.2, -0.15) is 0 Å². The number of thiocarbonyl (C=S) groups is 1. The average Bonchev–Trinajstić information content (AvgIpc) is 2.17. The molecule has 1 aromatic carbocycles. The van der Waals surface area contributed by atoms with Crippen molar-refractivity contribution in [3.05, 3.63) is 35.4 Å². The predicted molar refractivity (Wildman–Crippen MR) is 70.1 cm³/mol. The Bertz CT molecular complexity index is 316. The molecule has 0 saturated heterocycles. The van der Waals surface area contributed by atoms with Gasteiger partial charge in [-0.15, -0.1) is 0 Å². The molecule has 0 bridgehead atoms. The molecule has 0 saturated carbocycles. The molecule has 1 nitrogen and oxygen atoms in total. The first-order valence-corrected chi connectivity index (χ1v) is 5.88. The molecular formula is C13H19NS. The van der Waals surface area contributed by atoms with Crippen LogP contribution in [0.5, 0.6) is 0 Å². The largest absolute Gasteiger partial charge is 0.393 e. The Hall–Kier alpha value is -0.890. The number of benzene rings is 1. The standard InChI is InChI=1S/C13H19NS/c1-3-11-4-6-12(7-5-11)8-10(2)9-13(14)15/h4-7,10H,3,8-9H2,1-2H3,(H2,14,15). The van der Waals surface area contributed by atoms with Crippen molar-refractivity contribution in [3.63, 3.8) is 0 Å². The lowest BCUT2D eigenvalue weighted by molar-refractivity contribution is 0.607. The maximum atomic E-state index is 5.52. The molecule has 0 radical (unpaired) electrons. The van der Waals surface area contributed by atoms with Gasteiger partial charge in [0, 0.05) is 6.42 Å². The van der Waals surface area contributed by atoms with Gasteiger partial charge in [0.05, 0.1) is 4.99 Å². The Labute approximate surface area is 97.7 Å². The van der Waals surface area contributed by atoms with E-state index >= 15 is 0 Å². The van der Waals surface area contributed by atoms with Crippen molar-refractivity contribution in [1.29, 1.82) is 0 Å². The fourth-order valence-corrected chi connectivity index (χ4v) is 2.01. The van der Waals surface area contributed by atoms with Crippen LogP contribution in [0.2, 0.25) is 0 Å². The number of aryl methyl sites for hydroxylation is 1. The highest BCUT2D eigenvalue weighted by atomic mass is 32.1. The predicted octanol–water partition coefficient (Wildman–Crippen LogP) is 3.10. The van der Waals surface area contributed by atoms with Gasteiger partial charge in [-0.3, -0.25) is 0 Å². The van der Waals surface area contributed by atoms with Gasteiger partial charge in [0.1, 0.15) is 0 Å². The monoisotopic (exact) mass is 221 g/mol. The molecule has 1 atom stereocenters. The summed E-state index contributed by atoms with van der Waals surface area (Å²) < 4.78 is 0. The second-order valence-electron chi connectivity index (χ2n) is 4.15. The van der Waals surface area contributed by atoms with E-state index in [2.05, 4.69) is 38.1 Å². The van der Waals surface area contributed by atoms with Crippen LogP contribution in [0.4, 0.5) is 0 Å². The van der Waals surface area contributed by atoms with Crippen molar-refractivity contribution < 1.29 is 0 Å². The van der Waals surface area contributed by atoms with Crippen LogP contribution in [-0.2, 0) is 12.8 Å². The third-order valence-electron chi connectivity index (χ3n) is 2.57. The highest BCUT2D eigenvalue weighted by Gasteiger charge is 2.04. The Morgan fingerprint density at radius 1 is 1.27 bits per heavy atom.